The maximum atomic E-state index is 14.7. The van der Waals surface area contributed by atoms with Crippen LogP contribution in [-0.2, 0) is 41.6 Å². The number of H-pyrrole nitrogens is 1. The molecule has 0 radical (unpaired) electrons. The van der Waals surface area contributed by atoms with Crippen LogP contribution in [0.4, 0.5) is 0 Å². The Morgan fingerprint density at radius 3 is 2.11 bits per heavy atom. The molecular formula is C47H62N10O6. The highest BCUT2D eigenvalue weighted by Crippen LogP contribution is 2.38. The molecule has 6 amide bonds. The number of likely N-dealkylation sites (N-methyl/N-ethyl adjacent to an activating group) is 1. The summed E-state index contributed by atoms with van der Waals surface area (Å²) in [5, 5.41) is 22.9. The summed E-state index contributed by atoms with van der Waals surface area (Å²) in [5.41, 5.74) is 13.2. The summed E-state index contributed by atoms with van der Waals surface area (Å²) < 4.78 is 0. The number of nitrogens with two attached hydrogens (primary N) is 2. The molecule has 4 aromatic rings. The van der Waals surface area contributed by atoms with Crippen molar-refractivity contribution >= 4 is 52.3 Å². The molecular weight excluding hydrogens is 801 g/mol. The van der Waals surface area contributed by atoms with E-state index in [9.17, 15) is 28.8 Å². The molecule has 0 spiro atoms. The maximum Gasteiger partial charge on any atom is 0.246 e. The van der Waals surface area contributed by atoms with Crippen LogP contribution < -0.4 is 38.1 Å². The fraction of sp³-hybridized carbons (Fsp3) is 0.426. The van der Waals surface area contributed by atoms with Crippen molar-refractivity contribution in [3.8, 4) is 0 Å². The summed E-state index contributed by atoms with van der Waals surface area (Å²) in [6, 6.07) is 23.2. The average molecular weight is 863 g/mol. The summed E-state index contributed by atoms with van der Waals surface area (Å²) >= 11 is 0. The van der Waals surface area contributed by atoms with E-state index < -0.39 is 53.2 Å². The van der Waals surface area contributed by atoms with Crippen molar-refractivity contribution in [1.29, 1.82) is 5.41 Å². The topological polar surface area (TPSA) is 257 Å². The van der Waals surface area contributed by atoms with Gasteiger partial charge in [-0.15, -0.1) is 0 Å². The SMILES string of the molecule is CCCCC(=O)N[C@]1(C(=O)N[C@H](Cc2ccccc2)C(=O)N[C@@H](CCCNC(=N)N)C(=O)N[C@@H](Cc2c[nH]c3ccccc23)C(=O)N(C)CC(N)=O)CC[C@H](c2ccccc2)CC1. The van der Waals surface area contributed by atoms with Crippen molar-refractivity contribution < 1.29 is 28.8 Å². The van der Waals surface area contributed by atoms with Crippen molar-refractivity contribution in [2.24, 2.45) is 11.5 Å². The highest BCUT2D eigenvalue weighted by Gasteiger charge is 2.44. The third kappa shape index (κ3) is 13.6. The predicted molar refractivity (Wildman–Crippen MR) is 242 cm³/mol. The Hall–Kier alpha value is -6.71. The van der Waals surface area contributed by atoms with Gasteiger partial charge in [0.2, 0.25) is 35.4 Å². The number of hydrogen-bond donors (Lipinski definition) is 9. The minimum Gasteiger partial charge on any atom is -0.370 e. The van der Waals surface area contributed by atoms with E-state index in [1.807, 2.05) is 79.7 Å². The number of carbonyl (C=O) groups is 6. The van der Waals surface area contributed by atoms with Crippen LogP contribution in [0.25, 0.3) is 10.9 Å². The van der Waals surface area contributed by atoms with E-state index in [0.29, 0.717) is 32.1 Å². The lowest BCUT2D eigenvalue weighted by atomic mass is 9.73. The molecule has 63 heavy (non-hydrogen) atoms. The van der Waals surface area contributed by atoms with Gasteiger partial charge >= 0.3 is 0 Å². The van der Waals surface area contributed by atoms with Crippen LogP contribution in [0.3, 0.4) is 0 Å². The van der Waals surface area contributed by atoms with Crippen LogP contribution >= 0.6 is 0 Å². The number of primary amides is 1. The minimum atomic E-state index is -1.27. The van der Waals surface area contributed by atoms with Gasteiger partial charge in [0.1, 0.15) is 23.7 Å². The lowest BCUT2D eigenvalue weighted by Gasteiger charge is -2.40. The van der Waals surface area contributed by atoms with Crippen LogP contribution in [0.1, 0.15) is 87.3 Å². The van der Waals surface area contributed by atoms with E-state index in [1.54, 1.807) is 6.20 Å². The number of aromatic nitrogens is 1. The first-order valence-electron chi connectivity index (χ1n) is 21.8. The number of guanidine groups is 1. The predicted octanol–water partition coefficient (Wildman–Crippen LogP) is 3.02. The van der Waals surface area contributed by atoms with Gasteiger partial charge in [0, 0.05) is 50.0 Å². The van der Waals surface area contributed by atoms with Gasteiger partial charge in [-0.1, -0.05) is 92.2 Å². The third-order valence-corrected chi connectivity index (χ3v) is 11.7. The molecule has 0 bridgehead atoms. The first-order chi connectivity index (χ1) is 30.3. The molecule has 16 heteroatoms. The number of rotatable bonds is 22. The molecule has 5 rings (SSSR count). The molecule has 11 N–H and O–H groups in total. The standard InChI is InChI=1S/C47H62N10O6/c1-3-4-21-41(59)56-47(24-22-33(23-25-47)32-16-9-6-10-17-32)45(63)55-38(27-31-14-7-5-8-15-31)43(61)53-37(20-13-26-51-46(49)50)42(60)54-39(44(62)57(2)30-40(48)58)28-34-29-52-36-19-12-11-18-35(34)36/h5-12,14-19,29,33,37-39,52H,3-4,13,20-28,30H2,1-2H3,(H2,48,58)(H,53,61)(H,54,60)(H,55,63)(H,56,59)(H4,49,50,51)/t33-,37-,38+,39-,47+/m0/s1. The number of nitrogens with zero attached hydrogens (tertiary/aromatic N) is 1. The Balaban J connectivity index is 1.42. The zero-order valence-corrected chi connectivity index (χ0v) is 36.2. The monoisotopic (exact) mass is 862 g/mol. The van der Waals surface area contributed by atoms with Gasteiger partial charge in [0.25, 0.3) is 0 Å². The van der Waals surface area contributed by atoms with E-state index in [4.69, 9.17) is 16.9 Å². The van der Waals surface area contributed by atoms with Crippen molar-refractivity contribution in [3.05, 3.63) is 108 Å². The van der Waals surface area contributed by atoms with Gasteiger partial charge in [-0.2, -0.15) is 0 Å². The summed E-state index contributed by atoms with van der Waals surface area (Å²) in [6.45, 7) is 1.82. The summed E-state index contributed by atoms with van der Waals surface area (Å²) in [7, 11) is 1.41. The smallest absolute Gasteiger partial charge is 0.246 e. The quantitative estimate of drug-likeness (QED) is 0.0322. The van der Waals surface area contributed by atoms with Crippen molar-refractivity contribution in [2.45, 2.75) is 107 Å². The fourth-order valence-electron chi connectivity index (χ4n) is 8.24. The number of aromatic amines is 1. The first-order valence-corrected chi connectivity index (χ1v) is 21.8. The molecule has 16 nitrogen and oxygen atoms in total. The van der Waals surface area contributed by atoms with E-state index >= 15 is 0 Å². The molecule has 1 aliphatic carbocycles. The van der Waals surface area contributed by atoms with Gasteiger partial charge in [0.15, 0.2) is 5.96 Å². The molecule has 1 saturated carbocycles. The molecule has 1 aromatic heterocycles. The van der Waals surface area contributed by atoms with E-state index in [0.717, 1.165) is 38.9 Å². The third-order valence-electron chi connectivity index (χ3n) is 11.7. The van der Waals surface area contributed by atoms with Gasteiger partial charge in [-0.25, -0.2) is 0 Å². The summed E-state index contributed by atoms with van der Waals surface area (Å²) in [4.78, 5) is 87.0. The summed E-state index contributed by atoms with van der Waals surface area (Å²) in [5.74, 6) is -3.42. The van der Waals surface area contributed by atoms with Crippen molar-refractivity contribution in [1.82, 2.24) is 36.5 Å². The van der Waals surface area contributed by atoms with Crippen LogP contribution in [0, 0.1) is 5.41 Å². The Morgan fingerprint density at radius 1 is 0.810 bits per heavy atom. The Kier molecular flexibility index (Phi) is 17.2. The summed E-state index contributed by atoms with van der Waals surface area (Å²) in [6.07, 6.45) is 5.97. The largest absolute Gasteiger partial charge is 0.370 e. The minimum absolute atomic E-state index is 0.0497. The number of carbonyl (C=O) groups excluding carboxylic acids is 6. The van der Waals surface area contributed by atoms with Gasteiger partial charge in [-0.3, -0.25) is 34.2 Å². The van der Waals surface area contributed by atoms with Gasteiger partial charge in [-0.05, 0) is 73.6 Å². The van der Waals surface area contributed by atoms with Crippen LogP contribution in [0.2, 0.25) is 0 Å². The second-order valence-electron chi connectivity index (χ2n) is 16.5. The maximum absolute atomic E-state index is 14.7. The Bertz CT molecular complexity index is 2190. The van der Waals surface area contributed by atoms with Crippen LogP contribution in [0.15, 0.2) is 91.1 Å². The van der Waals surface area contributed by atoms with Crippen molar-refractivity contribution in [2.75, 3.05) is 20.1 Å². The molecule has 1 aliphatic rings. The molecule has 1 fully saturated rings. The molecule has 3 atom stereocenters. The fourth-order valence-corrected chi connectivity index (χ4v) is 8.24. The number of nitrogens with one attached hydrogen (secondary N) is 7. The molecule has 0 unspecified atom stereocenters. The zero-order chi connectivity index (χ0) is 45.4. The number of amides is 6. The molecule has 0 aliphatic heterocycles. The number of para-hydroxylation sites is 1. The van der Waals surface area contributed by atoms with Crippen LogP contribution in [-0.4, -0.2) is 95.1 Å². The number of benzene rings is 3. The highest BCUT2D eigenvalue weighted by molar-refractivity contribution is 5.98. The normalized spacial score (nSPS) is 17.3. The van der Waals surface area contributed by atoms with Gasteiger partial charge < -0.3 is 47.9 Å². The Morgan fingerprint density at radius 2 is 1.44 bits per heavy atom. The number of hydrogen-bond acceptors (Lipinski definition) is 7. The molecule has 0 saturated heterocycles. The molecule has 3 aromatic carbocycles. The van der Waals surface area contributed by atoms with Crippen LogP contribution in [0.5, 0.6) is 0 Å². The molecule has 336 valence electrons. The highest BCUT2D eigenvalue weighted by atomic mass is 16.2. The zero-order valence-electron chi connectivity index (χ0n) is 36.2. The second-order valence-corrected chi connectivity index (χ2v) is 16.5. The van der Waals surface area contributed by atoms with E-state index in [2.05, 4.69) is 43.7 Å². The lowest BCUT2D eigenvalue weighted by molar-refractivity contribution is -0.139. The van der Waals surface area contributed by atoms with Gasteiger partial charge in [0.05, 0.1) is 6.54 Å². The average Bonchev–Trinajstić information content (AvgIpc) is 3.68. The van der Waals surface area contributed by atoms with E-state index in [1.165, 1.54) is 7.05 Å². The second kappa shape index (κ2) is 22.9. The first kappa shape index (κ1) is 47.3. The Labute approximate surface area is 368 Å². The van der Waals surface area contributed by atoms with Crippen molar-refractivity contribution in [3.63, 3.8) is 0 Å². The lowest BCUT2D eigenvalue weighted by Crippen LogP contribution is -2.64. The number of fused-ring (bicyclic) bond motifs is 1. The molecule has 1 heterocycles. The number of unbranched alkanes of at least 4 members (excludes halogenated alkanes) is 1. The van der Waals surface area contributed by atoms with E-state index in [-0.39, 0.29) is 63.0 Å².